The van der Waals surface area contributed by atoms with E-state index in [1.54, 1.807) is 0 Å². The van der Waals surface area contributed by atoms with E-state index in [0.29, 0.717) is 0 Å². The van der Waals surface area contributed by atoms with Crippen LogP contribution in [-0.4, -0.2) is 26.8 Å². The number of rotatable bonds is 3. The van der Waals surface area contributed by atoms with Crippen molar-refractivity contribution in [2.45, 2.75) is 12.7 Å². The number of aromatic nitrogens is 2. The molecule has 1 rings (SSSR count). The SMILES string of the molecule is N/C(=N/O)C(Cn1ccnc1)C(F)(F)F. The molecule has 0 aliphatic heterocycles. The van der Waals surface area contributed by atoms with E-state index in [4.69, 9.17) is 10.9 Å². The topological polar surface area (TPSA) is 76.4 Å². The fraction of sp³-hybridized carbons (Fsp3) is 0.429. The van der Waals surface area contributed by atoms with E-state index in [0.717, 1.165) is 0 Å². The summed E-state index contributed by atoms with van der Waals surface area (Å²) in [4.78, 5) is 3.59. The summed E-state index contributed by atoms with van der Waals surface area (Å²) in [6.07, 6.45) is -0.618. The van der Waals surface area contributed by atoms with Crippen LogP contribution in [0.1, 0.15) is 0 Å². The average molecular weight is 222 g/mol. The largest absolute Gasteiger partial charge is 0.409 e. The van der Waals surface area contributed by atoms with Gasteiger partial charge in [-0.05, 0) is 0 Å². The Bertz CT molecular complexity index is 333. The molecule has 8 heteroatoms. The first-order valence-corrected chi connectivity index (χ1v) is 3.95. The molecule has 0 aromatic carbocycles. The zero-order valence-electron chi connectivity index (χ0n) is 7.52. The van der Waals surface area contributed by atoms with Crippen LogP contribution in [-0.2, 0) is 6.54 Å². The predicted molar refractivity (Wildman–Crippen MR) is 45.2 cm³/mol. The Balaban J connectivity index is 2.84. The Kier molecular flexibility index (Phi) is 3.17. The van der Waals surface area contributed by atoms with Crippen LogP contribution in [0.3, 0.4) is 0 Å². The third-order valence-electron chi connectivity index (χ3n) is 1.82. The van der Waals surface area contributed by atoms with Crippen molar-refractivity contribution >= 4 is 5.84 Å². The van der Waals surface area contributed by atoms with Crippen molar-refractivity contribution < 1.29 is 18.4 Å². The highest BCUT2D eigenvalue weighted by molar-refractivity contribution is 5.82. The van der Waals surface area contributed by atoms with Crippen molar-refractivity contribution in [2.24, 2.45) is 16.8 Å². The number of hydrogen-bond acceptors (Lipinski definition) is 3. The van der Waals surface area contributed by atoms with Crippen LogP contribution < -0.4 is 5.73 Å². The highest BCUT2D eigenvalue weighted by Gasteiger charge is 2.42. The highest BCUT2D eigenvalue weighted by atomic mass is 19.4. The number of nitrogens with zero attached hydrogens (tertiary/aromatic N) is 3. The minimum absolute atomic E-state index is 0.459. The van der Waals surface area contributed by atoms with Gasteiger partial charge in [-0.15, -0.1) is 0 Å². The third-order valence-corrected chi connectivity index (χ3v) is 1.82. The van der Waals surface area contributed by atoms with Crippen molar-refractivity contribution in [3.63, 3.8) is 0 Å². The summed E-state index contributed by atoms with van der Waals surface area (Å²) in [5.74, 6) is -2.88. The molecule has 15 heavy (non-hydrogen) atoms. The Morgan fingerprint density at radius 2 is 2.27 bits per heavy atom. The second kappa shape index (κ2) is 4.20. The van der Waals surface area contributed by atoms with Crippen molar-refractivity contribution in [2.75, 3.05) is 0 Å². The number of oxime groups is 1. The normalized spacial score (nSPS) is 15.3. The van der Waals surface area contributed by atoms with Gasteiger partial charge in [-0.2, -0.15) is 13.2 Å². The monoisotopic (exact) mass is 222 g/mol. The van der Waals surface area contributed by atoms with E-state index in [-0.39, 0.29) is 0 Å². The molecule has 3 N–H and O–H groups in total. The van der Waals surface area contributed by atoms with Gasteiger partial charge in [0.1, 0.15) is 5.92 Å². The van der Waals surface area contributed by atoms with E-state index in [2.05, 4.69) is 10.1 Å². The van der Waals surface area contributed by atoms with Crippen molar-refractivity contribution in [1.29, 1.82) is 0 Å². The molecule has 0 fully saturated rings. The fourth-order valence-electron chi connectivity index (χ4n) is 1.04. The molecule has 1 atom stereocenters. The molecule has 1 heterocycles. The molecule has 1 aromatic rings. The van der Waals surface area contributed by atoms with E-state index in [1.807, 2.05) is 0 Å². The maximum atomic E-state index is 12.4. The molecular weight excluding hydrogens is 213 g/mol. The number of halogens is 3. The van der Waals surface area contributed by atoms with Crippen LogP contribution in [0.4, 0.5) is 13.2 Å². The van der Waals surface area contributed by atoms with Gasteiger partial charge in [0.15, 0.2) is 5.84 Å². The molecule has 5 nitrogen and oxygen atoms in total. The van der Waals surface area contributed by atoms with Crippen LogP contribution in [0.25, 0.3) is 0 Å². The molecule has 0 saturated carbocycles. The lowest BCUT2D eigenvalue weighted by molar-refractivity contribution is -0.159. The van der Waals surface area contributed by atoms with Crippen LogP contribution in [0, 0.1) is 5.92 Å². The second-order valence-electron chi connectivity index (χ2n) is 2.88. The maximum absolute atomic E-state index is 12.4. The van der Waals surface area contributed by atoms with Crippen molar-refractivity contribution in [1.82, 2.24) is 9.55 Å². The summed E-state index contributed by atoms with van der Waals surface area (Å²) in [6.45, 7) is -0.459. The number of imidazole rings is 1. The lowest BCUT2D eigenvalue weighted by atomic mass is 10.1. The molecule has 0 spiro atoms. The molecule has 0 saturated heterocycles. The number of amidine groups is 1. The first-order valence-electron chi connectivity index (χ1n) is 3.95. The van der Waals surface area contributed by atoms with Crippen molar-refractivity contribution in [3.8, 4) is 0 Å². The van der Waals surface area contributed by atoms with Gasteiger partial charge in [0.05, 0.1) is 6.33 Å². The van der Waals surface area contributed by atoms with E-state index in [9.17, 15) is 13.2 Å². The standard InChI is InChI=1S/C7H9F3N4O/c8-7(9,10)5(6(11)13-15)3-14-2-1-12-4-14/h1-2,4-5,15H,3H2,(H2,11,13). The van der Waals surface area contributed by atoms with E-state index in [1.165, 1.54) is 23.3 Å². The van der Waals surface area contributed by atoms with Crippen LogP contribution in [0.2, 0.25) is 0 Å². The maximum Gasteiger partial charge on any atom is 0.400 e. The Hall–Kier alpha value is -1.73. The zero-order chi connectivity index (χ0) is 11.5. The van der Waals surface area contributed by atoms with E-state index >= 15 is 0 Å². The predicted octanol–water partition coefficient (Wildman–Crippen LogP) is 0.808. The summed E-state index contributed by atoms with van der Waals surface area (Å²) in [6, 6.07) is 0. The molecule has 0 aliphatic rings. The molecule has 0 amide bonds. The number of alkyl halides is 3. The van der Waals surface area contributed by atoms with Gasteiger partial charge >= 0.3 is 6.18 Å². The Labute approximate surface area is 83.0 Å². The summed E-state index contributed by atoms with van der Waals surface area (Å²) in [5.41, 5.74) is 4.97. The molecule has 0 aliphatic carbocycles. The number of hydrogen-bond donors (Lipinski definition) is 2. The second-order valence-corrected chi connectivity index (χ2v) is 2.88. The average Bonchev–Trinajstić information content (AvgIpc) is 2.63. The van der Waals surface area contributed by atoms with Gasteiger partial charge in [0.2, 0.25) is 0 Å². The molecule has 1 unspecified atom stereocenters. The van der Waals surface area contributed by atoms with Crippen molar-refractivity contribution in [3.05, 3.63) is 18.7 Å². The Morgan fingerprint density at radius 3 is 2.67 bits per heavy atom. The summed E-state index contributed by atoms with van der Waals surface area (Å²) in [5, 5.41) is 10.6. The quantitative estimate of drug-likeness (QED) is 0.344. The van der Waals surface area contributed by atoms with Gasteiger partial charge in [0.25, 0.3) is 0 Å². The first kappa shape index (κ1) is 11.3. The highest BCUT2D eigenvalue weighted by Crippen LogP contribution is 2.27. The lowest BCUT2D eigenvalue weighted by Gasteiger charge is -2.18. The van der Waals surface area contributed by atoms with E-state index < -0.39 is 24.5 Å². The van der Waals surface area contributed by atoms with Gasteiger partial charge in [-0.1, -0.05) is 5.16 Å². The molecule has 0 radical (unpaired) electrons. The minimum atomic E-state index is -4.55. The lowest BCUT2D eigenvalue weighted by Crippen LogP contribution is -2.38. The first-order chi connectivity index (χ1) is 6.95. The van der Waals surface area contributed by atoms with Gasteiger partial charge in [-0.25, -0.2) is 4.98 Å². The van der Waals surface area contributed by atoms with Gasteiger partial charge in [-0.3, -0.25) is 0 Å². The van der Waals surface area contributed by atoms with Gasteiger partial charge < -0.3 is 15.5 Å². The summed E-state index contributed by atoms with van der Waals surface area (Å²) in [7, 11) is 0. The molecule has 0 bridgehead atoms. The smallest absolute Gasteiger partial charge is 0.400 e. The molecular formula is C7H9F3N4O. The van der Waals surface area contributed by atoms with Crippen LogP contribution >= 0.6 is 0 Å². The van der Waals surface area contributed by atoms with Crippen LogP contribution in [0.5, 0.6) is 0 Å². The third kappa shape index (κ3) is 2.86. The molecule has 84 valence electrons. The summed E-state index contributed by atoms with van der Waals surface area (Å²) < 4.78 is 38.5. The van der Waals surface area contributed by atoms with Crippen LogP contribution in [0.15, 0.2) is 23.9 Å². The van der Waals surface area contributed by atoms with Gasteiger partial charge in [0, 0.05) is 18.9 Å². The summed E-state index contributed by atoms with van der Waals surface area (Å²) >= 11 is 0. The molecule has 1 aromatic heterocycles. The number of nitrogens with two attached hydrogens (primary N) is 1. The minimum Gasteiger partial charge on any atom is -0.409 e. The zero-order valence-corrected chi connectivity index (χ0v) is 7.52. The Morgan fingerprint density at radius 1 is 1.60 bits per heavy atom. The fourth-order valence-corrected chi connectivity index (χ4v) is 1.04.